The van der Waals surface area contributed by atoms with Gasteiger partial charge in [-0.05, 0) is 44.3 Å². The lowest BCUT2D eigenvalue weighted by Gasteiger charge is -2.22. The van der Waals surface area contributed by atoms with Crippen LogP contribution in [0.15, 0.2) is 18.3 Å². The van der Waals surface area contributed by atoms with Gasteiger partial charge in [-0.2, -0.15) is 0 Å². The Kier molecular flexibility index (Phi) is 4.46. The van der Waals surface area contributed by atoms with Crippen LogP contribution in [-0.4, -0.2) is 29.6 Å². The number of hydrogen-bond donors (Lipinski definition) is 1. The first-order valence-electron chi connectivity index (χ1n) is 6.20. The number of aromatic nitrogens is 1. The summed E-state index contributed by atoms with van der Waals surface area (Å²) >= 11 is 0. The number of nitrogens with zero attached hydrogens (tertiary/aromatic N) is 2. The summed E-state index contributed by atoms with van der Waals surface area (Å²) in [6.07, 6.45) is 4.79. The van der Waals surface area contributed by atoms with Gasteiger partial charge in [-0.1, -0.05) is 0 Å². The summed E-state index contributed by atoms with van der Waals surface area (Å²) in [5.41, 5.74) is -0.0701. The maximum atomic E-state index is 10.8. The molecule has 1 aromatic rings. The Morgan fingerprint density at radius 3 is 3.22 bits per heavy atom. The highest BCUT2D eigenvalue weighted by molar-refractivity contribution is 5.39. The molecule has 0 radical (unpaired) electrons. The molecular weight excluding hydrogens is 234 g/mol. The number of nitro groups is 1. The first-order chi connectivity index (χ1) is 8.77. The van der Waals surface area contributed by atoms with E-state index < -0.39 is 4.92 Å². The SMILES string of the molecule is O=[N+]([O-])c1cccnc1OCCC1CCCNC1. The number of hydrogen-bond acceptors (Lipinski definition) is 5. The molecule has 98 valence electrons. The third kappa shape index (κ3) is 3.40. The molecule has 1 aliphatic rings. The smallest absolute Gasteiger partial charge is 0.330 e. The summed E-state index contributed by atoms with van der Waals surface area (Å²) in [6.45, 7) is 2.57. The lowest BCUT2D eigenvalue weighted by atomic mass is 9.97. The summed E-state index contributed by atoms with van der Waals surface area (Å²) in [6, 6.07) is 2.94. The second-order valence-corrected chi connectivity index (χ2v) is 4.43. The Hall–Kier alpha value is -1.69. The zero-order valence-corrected chi connectivity index (χ0v) is 10.2. The minimum absolute atomic E-state index is 0.0701. The Balaban J connectivity index is 1.84. The van der Waals surface area contributed by atoms with E-state index in [0.29, 0.717) is 12.5 Å². The van der Waals surface area contributed by atoms with Crippen molar-refractivity contribution in [2.24, 2.45) is 5.92 Å². The molecule has 0 spiro atoms. The summed E-state index contributed by atoms with van der Waals surface area (Å²) in [4.78, 5) is 14.2. The molecule has 0 saturated carbocycles. The van der Waals surface area contributed by atoms with Crippen molar-refractivity contribution in [3.05, 3.63) is 28.4 Å². The maximum Gasteiger partial charge on any atom is 0.330 e. The molecule has 2 rings (SSSR count). The average molecular weight is 251 g/mol. The third-order valence-corrected chi connectivity index (χ3v) is 3.11. The Labute approximate surface area is 106 Å². The average Bonchev–Trinajstić information content (AvgIpc) is 2.40. The van der Waals surface area contributed by atoms with Gasteiger partial charge >= 0.3 is 5.69 Å². The standard InChI is InChI=1S/C12H17N3O3/c16-15(17)11-4-2-7-14-12(11)18-8-5-10-3-1-6-13-9-10/h2,4,7,10,13H,1,3,5-6,8-9H2. The fourth-order valence-corrected chi connectivity index (χ4v) is 2.13. The second-order valence-electron chi connectivity index (χ2n) is 4.43. The van der Waals surface area contributed by atoms with E-state index in [1.54, 1.807) is 0 Å². The summed E-state index contributed by atoms with van der Waals surface area (Å²) in [5.74, 6) is 0.716. The molecule has 0 aliphatic carbocycles. The van der Waals surface area contributed by atoms with E-state index in [1.165, 1.54) is 31.2 Å². The number of rotatable bonds is 5. The van der Waals surface area contributed by atoms with Crippen LogP contribution in [0.2, 0.25) is 0 Å². The quantitative estimate of drug-likeness (QED) is 0.637. The Morgan fingerprint density at radius 1 is 1.61 bits per heavy atom. The van der Waals surface area contributed by atoms with Gasteiger partial charge in [-0.25, -0.2) is 4.98 Å². The van der Waals surface area contributed by atoms with Crippen LogP contribution >= 0.6 is 0 Å². The van der Waals surface area contributed by atoms with E-state index in [2.05, 4.69) is 10.3 Å². The number of ether oxygens (including phenoxy) is 1. The van der Waals surface area contributed by atoms with Crippen molar-refractivity contribution in [2.75, 3.05) is 19.7 Å². The maximum absolute atomic E-state index is 10.8. The highest BCUT2D eigenvalue weighted by Gasteiger charge is 2.17. The van der Waals surface area contributed by atoms with Gasteiger partial charge in [0, 0.05) is 12.3 Å². The monoisotopic (exact) mass is 251 g/mol. The van der Waals surface area contributed by atoms with Crippen LogP contribution in [0.5, 0.6) is 5.88 Å². The van der Waals surface area contributed by atoms with Crippen LogP contribution in [0.1, 0.15) is 19.3 Å². The molecule has 0 amide bonds. The fraction of sp³-hybridized carbons (Fsp3) is 0.583. The van der Waals surface area contributed by atoms with E-state index >= 15 is 0 Å². The van der Waals surface area contributed by atoms with E-state index in [-0.39, 0.29) is 11.6 Å². The number of piperidine rings is 1. The van der Waals surface area contributed by atoms with Crippen molar-refractivity contribution in [2.45, 2.75) is 19.3 Å². The molecule has 1 aromatic heterocycles. The first-order valence-corrected chi connectivity index (χ1v) is 6.20. The number of pyridine rings is 1. The zero-order valence-electron chi connectivity index (χ0n) is 10.2. The zero-order chi connectivity index (χ0) is 12.8. The van der Waals surface area contributed by atoms with Gasteiger partial charge in [0.15, 0.2) is 0 Å². The highest BCUT2D eigenvalue weighted by atomic mass is 16.6. The van der Waals surface area contributed by atoms with Crippen molar-refractivity contribution in [3.63, 3.8) is 0 Å². The fourth-order valence-electron chi connectivity index (χ4n) is 2.13. The highest BCUT2D eigenvalue weighted by Crippen LogP contribution is 2.23. The molecule has 2 heterocycles. The molecule has 6 heteroatoms. The van der Waals surface area contributed by atoms with Crippen LogP contribution in [0.25, 0.3) is 0 Å². The Bertz CT molecular complexity index is 405. The number of nitrogens with one attached hydrogen (secondary N) is 1. The summed E-state index contributed by atoms with van der Waals surface area (Å²) in [5, 5.41) is 14.1. The predicted octanol–water partition coefficient (Wildman–Crippen LogP) is 1.76. The van der Waals surface area contributed by atoms with Gasteiger partial charge in [0.1, 0.15) is 0 Å². The predicted molar refractivity (Wildman–Crippen MR) is 66.6 cm³/mol. The minimum Gasteiger partial charge on any atom is -0.473 e. The van der Waals surface area contributed by atoms with Gasteiger partial charge in [-0.15, -0.1) is 0 Å². The van der Waals surface area contributed by atoms with Crippen LogP contribution in [-0.2, 0) is 0 Å². The van der Waals surface area contributed by atoms with Gasteiger partial charge in [0.2, 0.25) is 0 Å². The van der Waals surface area contributed by atoms with Gasteiger partial charge in [0.25, 0.3) is 5.88 Å². The van der Waals surface area contributed by atoms with Gasteiger partial charge in [0.05, 0.1) is 11.5 Å². The second kappa shape index (κ2) is 6.30. The lowest BCUT2D eigenvalue weighted by Crippen LogP contribution is -2.30. The lowest BCUT2D eigenvalue weighted by molar-refractivity contribution is -0.386. The van der Waals surface area contributed by atoms with E-state index in [9.17, 15) is 10.1 Å². The molecule has 1 aliphatic heterocycles. The normalized spacial score (nSPS) is 19.4. The van der Waals surface area contributed by atoms with Gasteiger partial charge < -0.3 is 10.1 Å². The van der Waals surface area contributed by atoms with Crippen LogP contribution in [0, 0.1) is 16.0 Å². The van der Waals surface area contributed by atoms with Gasteiger partial charge in [-0.3, -0.25) is 10.1 Å². The van der Waals surface area contributed by atoms with Crippen molar-refractivity contribution in [3.8, 4) is 5.88 Å². The largest absolute Gasteiger partial charge is 0.473 e. The van der Waals surface area contributed by atoms with Crippen molar-refractivity contribution >= 4 is 5.69 Å². The molecule has 1 unspecified atom stereocenters. The van der Waals surface area contributed by atoms with E-state index in [4.69, 9.17) is 4.74 Å². The molecular formula is C12H17N3O3. The minimum atomic E-state index is -0.468. The molecule has 0 aromatic carbocycles. The molecule has 1 fully saturated rings. The molecule has 1 atom stereocenters. The van der Waals surface area contributed by atoms with E-state index in [1.807, 2.05) is 0 Å². The molecule has 1 saturated heterocycles. The summed E-state index contributed by atoms with van der Waals surface area (Å²) < 4.78 is 5.42. The molecule has 1 N–H and O–H groups in total. The third-order valence-electron chi connectivity index (χ3n) is 3.11. The summed E-state index contributed by atoms with van der Waals surface area (Å²) in [7, 11) is 0. The van der Waals surface area contributed by atoms with E-state index in [0.717, 1.165) is 19.5 Å². The first kappa shape index (κ1) is 12.8. The van der Waals surface area contributed by atoms with Crippen molar-refractivity contribution in [1.82, 2.24) is 10.3 Å². The molecule has 6 nitrogen and oxygen atoms in total. The molecule has 0 bridgehead atoms. The van der Waals surface area contributed by atoms with Crippen LogP contribution < -0.4 is 10.1 Å². The van der Waals surface area contributed by atoms with Crippen molar-refractivity contribution in [1.29, 1.82) is 0 Å². The molecule has 18 heavy (non-hydrogen) atoms. The van der Waals surface area contributed by atoms with Crippen molar-refractivity contribution < 1.29 is 9.66 Å². The van der Waals surface area contributed by atoms with Crippen LogP contribution in [0.4, 0.5) is 5.69 Å². The van der Waals surface area contributed by atoms with Crippen LogP contribution in [0.3, 0.4) is 0 Å². The topological polar surface area (TPSA) is 77.3 Å². The Morgan fingerprint density at radius 2 is 2.50 bits per heavy atom.